The third-order valence-corrected chi connectivity index (χ3v) is 24.9. The zero-order valence-electron chi connectivity index (χ0n) is 60.6. The van der Waals surface area contributed by atoms with E-state index in [1.54, 1.807) is 0 Å². The number of rotatable bonds is 11. The van der Waals surface area contributed by atoms with E-state index in [0.29, 0.717) is 0 Å². The second-order valence-corrected chi connectivity index (χ2v) is 30.7. The van der Waals surface area contributed by atoms with E-state index < -0.39 is 16.2 Å². The zero-order valence-corrected chi connectivity index (χ0v) is 60.6. The van der Waals surface area contributed by atoms with Crippen LogP contribution in [-0.2, 0) is 21.7 Å². The lowest BCUT2D eigenvalue weighted by molar-refractivity contribution is 0.660. The molecule has 16 aromatic rings. The molecule has 2 heteroatoms. The van der Waals surface area contributed by atoms with Crippen molar-refractivity contribution in [3.8, 4) is 66.8 Å². The highest BCUT2D eigenvalue weighted by molar-refractivity contribution is 6.02. The minimum Gasteiger partial charge on any atom is -0.310 e. The molecule has 5 aliphatic rings. The Bertz CT molecular complexity index is 6010. The quantitative estimate of drug-likeness (QED) is 0.127. The number of hydrogen-bond acceptors (Lipinski definition) is 2. The standard InChI is InChI=1S/C105H76N2/c1-67-45-55-85-87-59-52-77(65-98(87)103(96(85)61-67,71-27-10-6-11-28-71)72-29-12-7-13-30-72)106(78-53-60-88-86-56-46-68(2)62-97(86)104(99(88)66-78,73-31-14-8-15-32-73)74-33-16-9-17-34-74)76-51-57-80(69(3)63-76)70-47-49-75(50-48-70)107(79-54-58-84-81-35-18-22-39-90(81)102(4,5)95(84)64-79)100-44-26-43-94-101(100)89-38-21-25-42-93(89)105(94)91-40-23-19-36-82(91)83-37-20-24-41-92(83)105/h6-66H,1-5H3. The summed E-state index contributed by atoms with van der Waals surface area (Å²) in [4.78, 5) is 5.10. The minimum absolute atomic E-state index is 0.204. The SMILES string of the molecule is Cc1ccc2c(c1)C(c1ccccc1)(c1ccccc1)c1cc(N(c3ccc(-c4ccc(N(c5ccc6c(c5)C(C)(C)c5ccccc5-6)c5cccc6c5-c5ccccc5C65c6ccccc6-c6ccccc65)cc4)c(C)c3)c3ccc4c(c3)C(c3ccccc3)(c3ccccc3)c3cc(C)ccc3-4)ccc1-2. The second kappa shape index (κ2) is 23.6. The van der Waals surface area contributed by atoms with Gasteiger partial charge in [0.25, 0.3) is 0 Å². The summed E-state index contributed by atoms with van der Waals surface area (Å²) in [5.41, 5.74) is 41.6. The summed E-state index contributed by atoms with van der Waals surface area (Å²) in [6.07, 6.45) is 0. The Morgan fingerprint density at radius 2 is 0.533 bits per heavy atom. The van der Waals surface area contributed by atoms with E-state index in [9.17, 15) is 0 Å². The molecule has 0 amide bonds. The van der Waals surface area contributed by atoms with Crippen LogP contribution in [0.2, 0.25) is 0 Å². The number of hydrogen-bond donors (Lipinski definition) is 0. The molecule has 0 N–H and O–H groups in total. The van der Waals surface area contributed by atoms with Gasteiger partial charge in [0.05, 0.1) is 21.9 Å². The molecule has 21 rings (SSSR count). The fourth-order valence-corrected chi connectivity index (χ4v) is 20.4. The Balaban J connectivity index is 0.746. The molecule has 5 aliphatic carbocycles. The van der Waals surface area contributed by atoms with Gasteiger partial charge in [-0.15, -0.1) is 0 Å². The van der Waals surface area contributed by atoms with Crippen LogP contribution in [0.3, 0.4) is 0 Å². The van der Waals surface area contributed by atoms with Gasteiger partial charge in [0.1, 0.15) is 0 Å². The van der Waals surface area contributed by atoms with E-state index >= 15 is 0 Å². The predicted molar refractivity (Wildman–Crippen MR) is 444 cm³/mol. The topological polar surface area (TPSA) is 6.48 Å². The maximum absolute atomic E-state index is 2.56. The molecule has 0 aromatic heterocycles. The molecule has 0 unspecified atom stereocenters. The molecule has 0 bridgehead atoms. The number of nitrogens with zero attached hydrogens (tertiary/aromatic N) is 2. The van der Waals surface area contributed by atoms with Gasteiger partial charge in [0.15, 0.2) is 0 Å². The van der Waals surface area contributed by atoms with E-state index in [4.69, 9.17) is 0 Å². The van der Waals surface area contributed by atoms with Gasteiger partial charge < -0.3 is 9.80 Å². The van der Waals surface area contributed by atoms with E-state index in [0.717, 1.165) is 39.7 Å². The molecular weight excluding hydrogens is 1290 g/mol. The van der Waals surface area contributed by atoms with Gasteiger partial charge in [0.2, 0.25) is 0 Å². The fourth-order valence-electron chi connectivity index (χ4n) is 20.4. The van der Waals surface area contributed by atoms with Gasteiger partial charge >= 0.3 is 0 Å². The van der Waals surface area contributed by atoms with E-state index in [1.165, 1.54) is 156 Å². The highest BCUT2D eigenvalue weighted by atomic mass is 15.2. The fraction of sp³-hybridized carbons (Fsp3) is 0.0857. The largest absolute Gasteiger partial charge is 0.310 e. The first-order valence-electron chi connectivity index (χ1n) is 37.8. The first-order chi connectivity index (χ1) is 52.6. The van der Waals surface area contributed by atoms with Crippen LogP contribution in [0.4, 0.5) is 34.1 Å². The van der Waals surface area contributed by atoms with Crippen molar-refractivity contribution in [3.63, 3.8) is 0 Å². The smallest absolute Gasteiger partial charge is 0.0726 e. The Morgan fingerprint density at radius 3 is 1.00 bits per heavy atom. The van der Waals surface area contributed by atoms with Crippen LogP contribution in [-0.4, -0.2) is 0 Å². The number of anilines is 6. The minimum atomic E-state index is -0.611. The van der Waals surface area contributed by atoms with Gasteiger partial charge in [0, 0.05) is 39.4 Å². The Morgan fingerprint density at radius 1 is 0.206 bits per heavy atom. The van der Waals surface area contributed by atoms with Crippen molar-refractivity contribution < 1.29 is 0 Å². The summed E-state index contributed by atoms with van der Waals surface area (Å²) in [6, 6.07) is 141. The number of aryl methyl sites for hydroxylation is 3. The average Bonchev–Trinajstić information content (AvgIpc) is 1.51. The van der Waals surface area contributed by atoms with Gasteiger partial charge in [-0.2, -0.15) is 0 Å². The van der Waals surface area contributed by atoms with Crippen molar-refractivity contribution in [2.75, 3.05) is 9.80 Å². The van der Waals surface area contributed by atoms with Crippen LogP contribution in [0.15, 0.2) is 370 Å². The third-order valence-electron chi connectivity index (χ3n) is 24.9. The highest BCUT2D eigenvalue weighted by Crippen LogP contribution is 2.66. The van der Waals surface area contributed by atoms with Crippen molar-refractivity contribution in [1.29, 1.82) is 0 Å². The van der Waals surface area contributed by atoms with Crippen molar-refractivity contribution >= 4 is 34.1 Å². The average molecular weight is 1370 g/mol. The monoisotopic (exact) mass is 1360 g/mol. The first kappa shape index (κ1) is 62.7. The lowest BCUT2D eigenvalue weighted by Gasteiger charge is -2.36. The summed E-state index contributed by atoms with van der Waals surface area (Å²) >= 11 is 0. The van der Waals surface area contributed by atoms with Gasteiger partial charge in [-0.3, -0.25) is 0 Å². The van der Waals surface area contributed by atoms with Crippen molar-refractivity contribution in [2.45, 2.75) is 56.3 Å². The maximum atomic E-state index is 2.56. The molecule has 0 saturated carbocycles. The lowest BCUT2D eigenvalue weighted by atomic mass is 9.67. The third kappa shape index (κ3) is 8.76. The number of fused-ring (bicyclic) bond motifs is 19. The highest BCUT2D eigenvalue weighted by Gasteiger charge is 2.53. The van der Waals surface area contributed by atoms with Crippen molar-refractivity contribution in [1.82, 2.24) is 0 Å². The molecule has 0 fully saturated rings. The van der Waals surface area contributed by atoms with Crippen LogP contribution >= 0.6 is 0 Å². The Kier molecular flexibility index (Phi) is 13.8. The summed E-state index contributed by atoms with van der Waals surface area (Å²) in [5.74, 6) is 0. The maximum Gasteiger partial charge on any atom is 0.0726 e. The molecule has 0 saturated heterocycles. The molecule has 506 valence electrons. The normalized spacial score (nSPS) is 14.5. The molecule has 107 heavy (non-hydrogen) atoms. The van der Waals surface area contributed by atoms with Crippen LogP contribution in [0.25, 0.3) is 66.8 Å². The van der Waals surface area contributed by atoms with Crippen LogP contribution in [0.1, 0.15) is 108 Å². The zero-order chi connectivity index (χ0) is 71.5. The molecule has 0 heterocycles. The van der Waals surface area contributed by atoms with E-state index in [2.05, 4.69) is 414 Å². The Labute approximate surface area is 627 Å². The molecule has 0 radical (unpaired) electrons. The van der Waals surface area contributed by atoms with Gasteiger partial charge in [-0.25, -0.2) is 0 Å². The molecule has 1 spiro atoms. The predicted octanol–water partition coefficient (Wildman–Crippen LogP) is 26.6. The summed E-state index contributed by atoms with van der Waals surface area (Å²) in [6.45, 7) is 11.6. The summed E-state index contributed by atoms with van der Waals surface area (Å²) < 4.78 is 0. The van der Waals surface area contributed by atoms with Gasteiger partial charge in [-0.1, -0.05) is 328 Å². The molecule has 0 atom stereocenters. The summed E-state index contributed by atoms with van der Waals surface area (Å²) in [7, 11) is 0. The molecule has 16 aromatic carbocycles. The van der Waals surface area contributed by atoms with Crippen molar-refractivity contribution in [3.05, 3.63) is 465 Å². The number of benzene rings is 16. The van der Waals surface area contributed by atoms with E-state index in [-0.39, 0.29) is 5.41 Å². The van der Waals surface area contributed by atoms with Crippen LogP contribution in [0.5, 0.6) is 0 Å². The van der Waals surface area contributed by atoms with Gasteiger partial charge in [-0.05, 0) is 232 Å². The molecule has 0 aliphatic heterocycles. The summed E-state index contributed by atoms with van der Waals surface area (Å²) in [5, 5.41) is 0. The molecule has 2 nitrogen and oxygen atoms in total. The first-order valence-corrected chi connectivity index (χ1v) is 37.8. The van der Waals surface area contributed by atoms with Crippen molar-refractivity contribution in [2.24, 2.45) is 0 Å². The Hall–Kier alpha value is -12.9. The molecular formula is C105H76N2. The van der Waals surface area contributed by atoms with E-state index in [1.807, 2.05) is 0 Å². The lowest BCUT2D eigenvalue weighted by Crippen LogP contribution is -2.29. The second-order valence-electron chi connectivity index (χ2n) is 30.7. The van der Waals surface area contributed by atoms with Crippen LogP contribution < -0.4 is 9.80 Å². The van der Waals surface area contributed by atoms with Crippen LogP contribution in [0, 0.1) is 20.8 Å².